The van der Waals surface area contributed by atoms with E-state index < -0.39 is 0 Å². The summed E-state index contributed by atoms with van der Waals surface area (Å²) in [5, 5.41) is 0.594. The van der Waals surface area contributed by atoms with Gasteiger partial charge in [-0.05, 0) is 93.4 Å². The average Bonchev–Trinajstić information content (AvgIpc) is 3.56. The number of hydrogen-bond donors (Lipinski definition) is 0. The van der Waals surface area contributed by atoms with Crippen molar-refractivity contribution in [2.45, 2.75) is 72.1 Å². The molecule has 0 unspecified atom stereocenters. The number of amides is 2. The Bertz CT molecular complexity index is 1590. The van der Waals surface area contributed by atoms with Gasteiger partial charge in [-0.15, -0.1) is 0 Å². The summed E-state index contributed by atoms with van der Waals surface area (Å²) in [6, 6.07) is 19.3. The fourth-order valence-corrected chi connectivity index (χ4v) is 5.89. The predicted octanol–water partition coefficient (Wildman–Crippen LogP) is 8.48. The maximum absolute atomic E-state index is 14.0. The summed E-state index contributed by atoms with van der Waals surface area (Å²) in [5.41, 5.74) is 2.72. The maximum Gasteiger partial charge on any atom is 0.266 e. The Morgan fingerprint density at radius 2 is 1.40 bits per heavy atom. The Balaban J connectivity index is 1.33. The smallest absolute Gasteiger partial charge is 0.266 e. The van der Waals surface area contributed by atoms with Crippen molar-refractivity contribution in [3.05, 3.63) is 94.7 Å². The van der Waals surface area contributed by atoms with Crippen molar-refractivity contribution in [3.8, 4) is 5.75 Å². The first-order valence-corrected chi connectivity index (χ1v) is 16.5. The first-order valence-electron chi connectivity index (χ1n) is 16.5. The van der Waals surface area contributed by atoms with Gasteiger partial charge in [0.1, 0.15) is 17.1 Å². The number of aryl methyl sites for hydroxylation is 1. The molecule has 4 aromatic rings. The van der Waals surface area contributed by atoms with Crippen LogP contribution in [0.15, 0.2) is 71.1 Å². The highest BCUT2D eigenvalue weighted by Gasteiger charge is 2.36. The van der Waals surface area contributed by atoms with E-state index >= 15 is 0 Å². The second kappa shape index (κ2) is 15.2. The predicted molar refractivity (Wildman–Crippen MR) is 179 cm³/mol. The van der Waals surface area contributed by atoms with Crippen LogP contribution >= 0.6 is 0 Å². The van der Waals surface area contributed by atoms with Gasteiger partial charge in [-0.2, -0.15) is 0 Å². The topological polar surface area (TPSA) is 80.1 Å². The Morgan fingerprint density at radius 1 is 0.778 bits per heavy atom. The summed E-state index contributed by atoms with van der Waals surface area (Å²) in [5.74, 6) is 0.447. The minimum absolute atomic E-state index is 0.159. The molecule has 0 N–H and O–H groups in total. The van der Waals surface area contributed by atoms with Gasteiger partial charge >= 0.3 is 0 Å². The lowest BCUT2D eigenvalue weighted by atomic mass is 9.98. The van der Waals surface area contributed by atoms with E-state index in [1.807, 2.05) is 12.1 Å². The van der Waals surface area contributed by atoms with E-state index in [1.165, 1.54) is 30.6 Å². The summed E-state index contributed by atoms with van der Waals surface area (Å²) in [6.07, 6.45) is 8.22. The normalized spacial score (nSPS) is 12.8. The van der Waals surface area contributed by atoms with Crippen LogP contribution in [0, 0.1) is 0 Å². The number of nitrogens with zero attached hydrogens (tertiary/aromatic N) is 2. The number of furan rings is 1. The number of benzene rings is 3. The molecule has 7 nitrogen and oxygen atoms in total. The lowest BCUT2D eigenvalue weighted by Gasteiger charge is -2.21. The maximum atomic E-state index is 14.0. The first kappa shape index (κ1) is 32.2. The van der Waals surface area contributed by atoms with Gasteiger partial charge in [0.05, 0.1) is 29.0 Å². The van der Waals surface area contributed by atoms with Crippen molar-refractivity contribution in [2.24, 2.45) is 0 Å². The molecular weight excluding hydrogens is 564 g/mol. The van der Waals surface area contributed by atoms with Gasteiger partial charge < -0.3 is 14.1 Å². The van der Waals surface area contributed by atoms with Gasteiger partial charge in [-0.1, -0.05) is 52.2 Å². The zero-order valence-corrected chi connectivity index (χ0v) is 26.8. The minimum atomic E-state index is -0.372. The van der Waals surface area contributed by atoms with E-state index in [-0.39, 0.29) is 17.6 Å². The molecule has 3 aromatic carbocycles. The second-order valence-corrected chi connectivity index (χ2v) is 11.8. The number of ether oxygens (including phenoxy) is 1. The van der Waals surface area contributed by atoms with Crippen molar-refractivity contribution in [2.75, 3.05) is 31.1 Å². The molecule has 0 fully saturated rings. The summed E-state index contributed by atoms with van der Waals surface area (Å²) in [4.78, 5) is 44.1. The number of carbonyl (C=O) groups is 3. The summed E-state index contributed by atoms with van der Waals surface area (Å²) in [6.45, 7) is 10.5. The first-order chi connectivity index (χ1) is 22.0. The molecular formula is C38H44N2O5. The van der Waals surface area contributed by atoms with Crippen LogP contribution in [-0.2, 0) is 6.42 Å². The van der Waals surface area contributed by atoms with E-state index in [0.717, 1.165) is 44.6 Å². The van der Waals surface area contributed by atoms with Crippen LogP contribution in [0.3, 0.4) is 0 Å². The van der Waals surface area contributed by atoms with Gasteiger partial charge in [-0.3, -0.25) is 14.4 Å². The molecule has 0 atom stereocenters. The molecule has 0 bridgehead atoms. The fraction of sp³-hybridized carbons (Fsp3) is 0.395. The third-order valence-electron chi connectivity index (χ3n) is 8.44. The van der Waals surface area contributed by atoms with Crippen molar-refractivity contribution in [1.82, 2.24) is 4.90 Å². The Kier molecular flexibility index (Phi) is 10.8. The van der Waals surface area contributed by atoms with Crippen molar-refractivity contribution >= 4 is 34.3 Å². The monoisotopic (exact) mass is 608 g/mol. The number of fused-ring (bicyclic) bond motifs is 2. The van der Waals surface area contributed by atoms with Crippen LogP contribution < -0.4 is 9.64 Å². The number of anilines is 1. The van der Waals surface area contributed by atoms with Crippen LogP contribution in [0.25, 0.3) is 11.0 Å². The fourth-order valence-electron chi connectivity index (χ4n) is 5.89. The third kappa shape index (κ3) is 7.20. The molecule has 7 heteroatoms. The van der Waals surface area contributed by atoms with E-state index in [4.69, 9.17) is 9.15 Å². The van der Waals surface area contributed by atoms with Gasteiger partial charge in [0.2, 0.25) is 0 Å². The molecule has 0 saturated heterocycles. The third-order valence-corrected chi connectivity index (χ3v) is 8.44. The number of ketones is 1. The van der Waals surface area contributed by atoms with Crippen molar-refractivity contribution in [1.29, 1.82) is 0 Å². The number of rotatable bonds is 17. The summed E-state index contributed by atoms with van der Waals surface area (Å²) < 4.78 is 12.2. The second-order valence-electron chi connectivity index (χ2n) is 11.8. The van der Waals surface area contributed by atoms with E-state index in [0.29, 0.717) is 57.7 Å². The standard InChI is InChI=1S/C38H44N2O5/c1-4-7-15-34-35(32-26-28(18-21-33(32)45-34)40-37(42)30-13-10-11-14-31(30)38(40)43)36(41)27-16-19-29(20-17-27)44-25-12-24-39(22-8-5-2)23-9-6-3/h10-11,13-14,16-21,26H,4-9,12,15,22-25H2,1-3H3. The minimum Gasteiger partial charge on any atom is -0.494 e. The summed E-state index contributed by atoms with van der Waals surface area (Å²) in [7, 11) is 0. The Morgan fingerprint density at radius 3 is 2.02 bits per heavy atom. The molecule has 0 aliphatic carbocycles. The van der Waals surface area contributed by atoms with Crippen LogP contribution in [0.4, 0.5) is 5.69 Å². The quantitative estimate of drug-likeness (QED) is 0.0680. The van der Waals surface area contributed by atoms with Gasteiger partial charge in [0, 0.05) is 23.9 Å². The number of carbonyl (C=O) groups excluding carboxylic acids is 3. The molecule has 1 aromatic heterocycles. The van der Waals surface area contributed by atoms with Gasteiger partial charge in [-0.25, -0.2) is 4.90 Å². The molecule has 0 spiro atoms. The Labute approximate surface area is 266 Å². The van der Waals surface area contributed by atoms with Crippen molar-refractivity contribution < 1.29 is 23.5 Å². The SMILES string of the molecule is CCCCc1oc2ccc(N3C(=O)c4ccccc4C3=O)cc2c1C(=O)c1ccc(OCCCN(CCCC)CCCC)cc1. The molecule has 2 heterocycles. The van der Waals surface area contributed by atoms with Crippen LogP contribution in [0.1, 0.15) is 108 Å². The molecule has 236 valence electrons. The highest BCUT2D eigenvalue weighted by molar-refractivity contribution is 6.34. The van der Waals surface area contributed by atoms with E-state index in [2.05, 4.69) is 25.7 Å². The van der Waals surface area contributed by atoms with Gasteiger partial charge in [0.15, 0.2) is 5.78 Å². The number of imide groups is 1. The zero-order chi connectivity index (χ0) is 31.8. The average molecular weight is 609 g/mol. The largest absolute Gasteiger partial charge is 0.494 e. The molecule has 1 aliphatic heterocycles. The lowest BCUT2D eigenvalue weighted by Crippen LogP contribution is -2.29. The molecule has 2 amide bonds. The zero-order valence-electron chi connectivity index (χ0n) is 26.8. The molecule has 5 rings (SSSR count). The Hall–Kier alpha value is -4.23. The highest BCUT2D eigenvalue weighted by Crippen LogP contribution is 2.35. The lowest BCUT2D eigenvalue weighted by molar-refractivity contribution is 0.0925. The molecule has 0 radical (unpaired) electrons. The van der Waals surface area contributed by atoms with Crippen molar-refractivity contribution in [3.63, 3.8) is 0 Å². The van der Waals surface area contributed by atoms with Gasteiger partial charge in [0.25, 0.3) is 11.8 Å². The van der Waals surface area contributed by atoms with E-state index in [9.17, 15) is 14.4 Å². The molecule has 1 aliphatic rings. The molecule has 45 heavy (non-hydrogen) atoms. The highest BCUT2D eigenvalue weighted by atomic mass is 16.5. The van der Waals surface area contributed by atoms with Crippen LogP contribution in [0.2, 0.25) is 0 Å². The summed E-state index contributed by atoms with van der Waals surface area (Å²) >= 11 is 0. The molecule has 0 saturated carbocycles. The van der Waals surface area contributed by atoms with E-state index in [1.54, 1.807) is 54.6 Å². The van der Waals surface area contributed by atoms with Crippen LogP contribution in [-0.4, -0.2) is 48.7 Å². The number of unbranched alkanes of at least 4 members (excludes halogenated alkanes) is 3. The number of hydrogen-bond acceptors (Lipinski definition) is 6. The van der Waals surface area contributed by atoms with Crippen LogP contribution in [0.5, 0.6) is 5.75 Å².